The van der Waals surface area contributed by atoms with Crippen LogP contribution in [0.25, 0.3) is 0 Å². The van der Waals surface area contributed by atoms with Gasteiger partial charge in [0.2, 0.25) is 0 Å². The van der Waals surface area contributed by atoms with Gasteiger partial charge in [-0.15, -0.1) is 0 Å². The molecule has 120 valence electrons. The monoisotopic (exact) mass is 301 g/mol. The highest BCUT2D eigenvalue weighted by molar-refractivity contribution is 5.89. The van der Waals surface area contributed by atoms with Gasteiger partial charge in [-0.05, 0) is 51.7 Å². The highest BCUT2D eigenvalue weighted by atomic mass is 16.2. The van der Waals surface area contributed by atoms with Gasteiger partial charge in [-0.2, -0.15) is 0 Å². The number of carbonyl (C=O) groups excluding carboxylic acids is 1. The fourth-order valence-corrected chi connectivity index (χ4v) is 4.04. The van der Waals surface area contributed by atoms with E-state index in [4.69, 9.17) is 0 Å². The molecule has 1 N–H and O–H groups in total. The van der Waals surface area contributed by atoms with E-state index in [0.717, 1.165) is 25.2 Å². The maximum atomic E-state index is 12.5. The Morgan fingerprint density at radius 2 is 1.77 bits per heavy atom. The van der Waals surface area contributed by atoms with Crippen LogP contribution in [-0.2, 0) is 0 Å². The molecule has 0 radical (unpaired) electrons. The van der Waals surface area contributed by atoms with E-state index in [0.29, 0.717) is 18.1 Å². The Morgan fingerprint density at radius 1 is 1.09 bits per heavy atom. The molecule has 3 atom stereocenters. The Balaban J connectivity index is 1.61. The van der Waals surface area contributed by atoms with E-state index in [2.05, 4.69) is 24.1 Å². The molecule has 0 bridgehead atoms. The molecule has 2 amide bonds. The molecule has 0 aromatic heterocycles. The van der Waals surface area contributed by atoms with Crippen LogP contribution in [0.15, 0.2) is 30.3 Å². The molecule has 4 heteroatoms. The molecular formula is C18H27N3O. The molecule has 0 unspecified atom stereocenters. The van der Waals surface area contributed by atoms with Crippen LogP contribution in [0.3, 0.4) is 0 Å². The van der Waals surface area contributed by atoms with Crippen LogP contribution in [0.4, 0.5) is 10.5 Å². The molecule has 0 saturated carbocycles. The van der Waals surface area contributed by atoms with Crippen molar-refractivity contribution in [3.8, 4) is 0 Å². The third kappa shape index (κ3) is 3.27. The van der Waals surface area contributed by atoms with E-state index < -0.39 is 0 Å². The molecule has 2 saturated heterocycles. The van der Waals surface area contributed by atoms with E-state index >= 15 is 0 Å². The second-order valence-electron chi connectivity index (χ2n) is 6.76. The van der Waals surface area contributed by atoms with Crippen molar-refractivity contribution in [2.24, 2.45) is 0 Å². The fourth-order valence-electron chi connectivity index (χ4n) is 4.04. The van der Waals surface area contributed by atoms with Gasteiger partial charge in [-0.1, -0.05) is 18.2 Å². The molecule has 2 aliphatic rings. The molecule has 4 nitrogen and oxygen atoms in total. The summed E-state index contributed by atoms with van der Waals surface area (Å²) in [7, 11) is 0. The maximum Gasteiger partial charge on any atom is 0.321 e. The predicted octanol–water partition coefficient (Wildman–Crippen LogP) is 3.56. The molecule has 2 heterocycles. The van der Waals surface area contributed by atoms with Crippen molar-refractivity contribution in [3.05, 3.63) is 30.3 Å². The van der Waals surface area contributed by atoms with Crippen molar-refractivity contribution in [1.82, 2.24) is 9.80 Å². The number of rotatable bonds is 2. The SMILES string of the molecule is C[C@@H]1CC[C@H](C)N1[C@@H]1CCCN(C(=O)Nc2ccccc2)C1. The lowest BCUT2D eigenvalue weighted by molar-refractivity contribution is 0.0838. The Kier molecular flexibility index (Phi) is 4.67. The Labute approximate surface area is 133 Å². The van der Waals surface area contributed by atoms with Crippen molar-refractivity contribution in [2.75, 3.05) is 18.4 Å². The molecule has 3 rings (SSSR count). The molecule has 22 heavy (non-hydrogen) atoms. The number of piperidine rings is 1. The van der Waals surface area contributed by atoms with Crippen LogP contribution >= 0.6 is 0 Å². The van der Waals surface area contributed by atoms with Gasteiger partial charge in [0.1, 0.15) is 0 Å². The first-order valence-corrected chi connectivity index (χ1v) is 8.53. The van der Waals surface area contributed by atoms with Crippen LogP contribution in [-0.4, -0.2) is 47.0 Å². The fraction of sp³-hybridized carbons (Fsp3) is 0.611. The third-order valence-electron chi connectivity index (χ3n) is 5.15. The molecule has 2 fully saturated rings. The van der Waals surface area contributed by atoms with Crippen molar-refractivity contribution in [1.29, 1.82) is 0 Å². The molecule has 2 aliphatic heterocycles. The lowest BCUT2D eigenvalue weighted by Crippen LogP contribution is -2.53. The number of benzene rings is 1. The Hall–Kier alpha value is -1.55. The number of nitrogens with one attached hydrogen (secondary N) is 1. The van der Waals surface area contributed by atoms with Gasteiger partial charge in [0.15, 0.2) is 0 Å². The van der Waals surface area contributed by atoms with Crippen LogP contribution in [0.5, 0.6) is 0 Å². The second kappa shape index (κ2) is 6.69. The summed E-state index contributed by atoms with van der Waals surface area (Å²) in [5.74, 6) is 0. The van der Waals surface area contributed by atoms with Gasteiger partial charge >= 0.3 is 6.03 Å². The van der Waals surface area contributed by atoms with Gasteiger partial charge < -0.3 is 10.2 Å². The summed E-state index contributed by atoms with van der Waals surface area (Å²) >= 11 is 0. The average Bonchev–Trinajstić information content (AvgIpc) is 2.87. The highest BCUT2D eigenvalue weighted by Gasteiger charge is 2.36. The van der Waals surface area contributed by atoms with Crippen molar-refractivity contribution < 1.29 is 4.79 Å². The lowest BCUT2D eigenvalue weighted by Gasteiger charge is -2.41. The molecule has 0 aliphatic carbocycles. The van der Waals surface area contributed by atoms with Crippen LogP contribution in [0.2, 0.25) is 0 Å². The number of para-hydroxylation sites is 1. The number of likely N-dealkylation sites (tertiary alicyclic amines) is 2. The molecular weight excluding hydrogens is 274 g/mol. The number of hydrogen-bond acceptors (Lipinski definition) is 2. The zero-order valence-electron chi connectivity index (χ0n) is 13.7. The summed E-state index contributed by atoms with van der Waals surface area (Å²) in [5, 5.41) is 3.01. The van der Waals surface area contributed by atoms with Crippen molar-refractivity contribution in [3.63, 3.8) is 0 Å². The van der Waals surface area contributed by atoms with E-state index in [1.165, 1.54) is 19.3 Å². The van der Waals surface area contributed by atoms with Crippen LogP contribution in [0, 0.1) is 0 Å². The Bertz CT molecular complexity index is 494. The first-order valence-electron chi connectivity index (χ1n) is 8.53. The van der Waals surface area contributed by atoms with Gasteiger partial charge in [0.25, 0.3) is 0 Å². The Morgan fingerprint density at radius 3 is 2.45 bits per heavy atom. The summed E-state index contributed by atoms with van der Waals surface area (Å²) in [5.41, 5.74) is 0.873. The zero-order valence-corrected chi connectivity index (χ0v) is 13.7. The van der Waals surface area contributed by atoms with Gasteiger partial charge in [-0.3, -0.25) is 4.90 Å². The number of hydrogen-bond donors (Lipinski definition) is 1. The first kappa shape index (κ1) is 15.3. The third-order valence-corrected chi connectivity index (χ3v) is 5.15. The highest BCUT2D eigenvalue weighted by Crippen LogP contribution is 2.29. The van der Waals surface area contributed by atoms with Crippen molar-refractivity contribution in [2.45, 2.75) is 57.7 Å². The van der Waals surface area contributed by atoms with E-state index in [-0.39, 0.29) is 6.03 Å². The minimum Gasteiger partial charge on any atom is -0.323 e. The number of anilines is 1. The number of urea groups is 1. The minimum atomic E-state index is 0.0374. The molecule has 0 spiro atoms. The predicted molar refractivity (Wildman–Crippen MR) is 90.1 cm³/mol. The number of amides is 2. The maximum absolute atomic E-state index is 12.5. The van der Waals surface area contributed by atoms with Crippen molar-refractivity contribution >= 4 is 11.7 Å². The molecule has 1 aromatic carbocycles. The number of nitrogens with zero attached hydrogens (tertiary/aromatic N) is 2. The van der Waals surface area contributed by atoms with E-state index in [1.807, 2.05) is 35.2 Å². The minimum absolute atomic E-state index is 0.0374. The smallest absolute Gasteiger partial charge is 0.321 e. The van der Waals surface area contributed by atoms with E-state index in [9.17, 15) is 4.79 Å². The summed E-state index contributed by atoms with van der Waals surface area (Å²) in [4.78, 5) is 17.1. The van der Waals surface area contributed by atoms with Gasteiger partial charge in [-0.25, -0.2) is 4.79 Å². The zero-order chi connectivity index (χ0) is 15.5. The summed E-state index contributed by atoms with van der Waals surface area (Å²) in [6, 6.07) is 11.6. The second-order valence-corrected chi connectivity index (χ2v) is 6.76. The quantitative estimate of drug-likeness (QED) is 0.906. The largest absolute Gasteiger partial charge is 0.323 e. The standard InChI is InChI=1S/C18H27N3O/c1-14-10-11-15(2)21(14)17-9-6-12-20(13-17)18(22)19-16-7-4-3-5-8-16/h3-5,7-8,14-15,17H,6,9-13H2,1-2H3,(H,19,22)/t14-,15+,17-/m1/s1. The van der Waals surface area contributed by atoms with Gasteiger partial charge in [0.05, 0.1) is 0 Å². The average molecular weight is 301 g/mol. The lowest BCUT2D eigenvalue weighted by atomic mass is 10.0. The molecule has 1 aromatic rings. The summed E-state index contributed by atoms with van der Waals surface area (Å²) in [6.07, 6.45) is 4.88. The first-order chi connectivity index (χ1) is 10.6. The normalized spacial score (nSPS) is 29.5. The van der Waals surface area contributed by atoms with E-state index in [1.54, 1.807) is 0 Å². The summed E-state index contributed by atoms with van der Waals surface area (Å²) in [6.45, 7) is 6.37. The van der Waals surface area contributed by atoms with Gasteiger partial charge in [0, 0.05) is 36.9 Å². The summed E-state index contributed by atoms with van der Waals surface area (Å²) < 4.78 is 0. The van der Waals surface area contributed by atoms with Crippen LogP contribution in [0.1, 0.15) is 39.5 Å². The van der Waals surface area contributed by atoms with Crippen LogP contribution < -0.4 is 5.32 Å². The topological polar surface area (TPSA) is 35.6 Å². The number of carbonyl (C=O) groups is 1.